The molecule has 1 aliphatic rings. The molecule has 0 atom stereocenters. The molecule has 1 heterocycles. The summed E-state index contributed by atoms with van der Waals surface area (Å²) in [5, 5.41) is 0. The van der Waals surface area contributed by atoms with Gasteiger partial charge >= 0.3 is 6.98 Å². The van der Waals surface area contributed by atoms with Gasteiger partial charge < -0.3 is 9.62 Å². The van der Waals surface area contributed by atoms with Crippen molar-refractivity contribution in [2.75, 3.05) is 9.62 Å². The minimum atomic E-state index is 0.0191. The van der Waals surface area contributed by atoms with Crippen molar-refractivity contribution in [3.05, 3.63) is 113 Å². The van der Waals surface area contributed by atoms with E-state index in [4.69, 9.17) is 0 Å². The lowest BCUT2D eigenvalue weighted by Crippen LogP contribution is -2.56. The fourth-order valence-electron chi connectivity index (χ4n) is 5.64. The highest BCUT2D eigenvalue weighted by molar-refractivity contribution is 6.85. The zero-order chi connectivity index (χ0) is 24.7. The van der Waals surface area contributed by atoms with E-state index in [1.807, 2.05) is 0 Å². The number of benzene rings is 4. The second-order valence-electron chi connectivity index (χ2n) is 10.3. The molecule has 5 rings (SSSR count). The average Bonchev–Trinajstić information content (AvgIpc) is 3.20. The molecule has 1 aliphatic heterocycles. The van der Waals surface area contributed by atoms with Gasteiger partial charge in [0.05, 0.1) is 11.4 Å². The number of hydrogen-bond acceptors (Lipinski definition) is 2. The van der Waals surface area contributed by atoms with Gasteiger partial charge in [-0.05, 0) is 77.7 Å². The van der Waals surface area contributed by atoms with E-state index >= 15 is 0 Å². The van der Waals surface area contributed by atoms with Crippen molar-refractivity contribution in [1.82, 2.24) is 0 Å². The number of rotatable bonds is 5. The third kappa shape index (κ3) is 3.93. The minimum Gasteiger partial charge on any atom is -0.360 e. The van der Waals surface area contributed by atoms with Gasteiger partial charge in [-0.25, -0.2) is 0 Å². The average molecular weight is 458 g/mol. The number of hydrogen-bond donors (Lipinski definition) is 0. The van der Waals surface area contributed by atoms with Crippen LogP contribution in [-0.2, 0) is 0 Å². The number of nitrogens with zero attached hydrogens (tertiary/aromatic N) is 2. The van der Waals surface area contributed by atoms with Gasteiger partial charge in [0.2, 0.25) is 0 Å². The summed E-state index contributed by atoms with van der Waals surface area (Å²) in [5.74, 6) is 0.842. The van der Waals surface area contributed by atoms with E-state index in [0.29, 0.717) is 11.8 Å². The lowest BCUT2D eigenvalue weighted by atomic mass is 9.58. The normalized spacial score (nSPS) is 13.2. The molecule has 2 nitrogen and oxygen atoms in total. The molecule has 0 amide bonds. The van der Waals surface area contributed by atoms with Crippen LogP contribution in [0.4, 0.5) is 22.7 Å². The molecule has 0 radical (unpaired) electrons. The summed E-state index contributed by atoms with van der Waals surface area (Å²) in [6.45, 7) is 13.8. The SMILES string of the molecule is Cc1ccccc1N1B(c2c(C(C)C)cccc2C(C)C)N(c2ccccc2)c2cccc(C)c21. The topological polar surface area (TPSA) is 6.48 Å². The molecule has 0 unspecified atom stereocenters. The predicted octanol–water partition coefficient (Wildman–Crippen LogP) is 8.24. The van der Waals surface area contributed by atoms with E-state index in [1.165, 1.54) is 50.5 Å². The Balaban J connectivity index is 1.90. The molecular weight excluding hydrogens is 423 g/mol. The van der Waals surface area contributed by atoms with Crippen LogP contribution in [0.1, 0.15) is 61.8 Å². The smallest absolute Gasteiger partial charge is 0.360 e. The molecule has 0 saturated heterocycles. The van der Waals surface area contributed by atoms with Crippen LogP contribution in [0.3, 0.4) is 0 Å². The molecule has 3 heteroatoms. The zero-order valence-electron chi connectivity index (χ0n) is 21.8. The molecule has 4 aromatic carbocycles. The molecule has 4 aromatic rings. The van der Waals surface area contributed by atoms with E-state index in [2.05, 4.69) is 142 Å². The summed E-state index contributed by atoms with van der Waals surface area (Å²) in [6, 6.07) is 33.3. The Labute approximate surface area is 211 Å². The number of para-hydroxylation sites is 3. The van der Waals surface area contributed by atoms with Gasteiger partial charge in [-0.3, -0.25) is 0 Å². The van der Waals surface area contributed by atoms with Crippen molar-refractivity contribution in [2.24, 2.45) is 0 Å². The number of fused-ring (bicyclic) bond motifs is 1. The van der Waals surface area contributed by atoms with Crippen LogP contribution in [0.15, 0.2) is 91.0 Å². The molecule has 0 fully saturated rings. The first-order chi connectivity index (χ1) is 16.9. The highest BCUT2D eigenvalue weighted by Crippen LogP contribution is 2.49. The third-order valence-corrected chi connectivity index (χ3v) is 7.29. The minimum absolute atomic E-state index is 0.0191. The van der Waals surface area contributed by atoms with Gasteiger partial charge in [-0.15, -0.1) is 0 Å². The Morgan fingerprint density at radius 3 is 1.71 bits per heavy atom. The Bertz CT molecular complexity index is 1320. The Morgan fingerprint density at radius 2 is 1.09 bits per heavy atom. The van der Waals surface area contributed by atoms with Crippen molar-refractivity contribution in [1.29, 1.82) is 0 Å². The molecule has 0 aromatic heterocycles. The van der Waals surface area contributed by atoms with Gasteiger partial charge in [-0.2, -0.15) is 0 Å². The summed E-state index contributed by atoms with van der Waals surface area (Å²) in [7, 11) is 0. The van der Waals surface area contributed by atoms with Crippen LogP contribution in [-0.4, -0.2) is 6.98 Å². The maximum atomic E-state index is 2.60. The Kier molecular flexibility index (Phi) is 6.19. The lowest BCUT2D eigenvalue weighted by molar-refractivity contribution is 0.844. The summed E-state index contributed by atoms with van der Waals surface area (Å²) >= 11 is 0. The summed E-state index contributed by atoms with van der Waals surface area (Å²) in [4.78, 5) is 5.15. The second-order valence-corrected chi connectivity index (χ2v) is 10.3. The van der Waals surface area contributed by atoms with Crippen LogP contribution in [0, 0.1) is 13.8 Å². The van der Waals surface area contributed by atoms with Gasteiger partial charge in [-0.1, -0.05) is 94.4 Å². The monoisotopic (exact) mass is 458 g/mol. The van der Waals surface area contributed by atoms with Crippen LogP contribution in [0.2, 0.25) is 0 Å². The first-order valence-electron chi connectivity index (χ1n) is 12.8. The van der Waals surface area contributed by atoms with E-state index in [9.17, 15) is 0 Å². The largest absolute Gasteiger partial charge is 0.421 e. The highest BCUT2D eigenvalue weighted by Gasteiger charge is 2.46. The van der Waals surface area contributed by atoms with Crippen LogP contribution >= 0.6 is 0 Å². The first kappa shape index (κ1) is 23.3. The van der Waals surface area contributed by atoms with Gasteiger partial charge in [0.1, 0.15) is 0 Å². The Morgan fingerprint density at radius 1 is 0.543 bits per heavy atom. The van der Waals surface area contributed by atoms with Gasteiger partial charge in [0, 0.05) is 11.4 Å². The molecular formula is C32H35BN2. The van der Waals surface area contributed by atoms with Crippen LogP contribution in [0.5, 0.6) is 0 Å². The quantitative estimate of drug-likeness (QED) is 0.278. The van der Waals surface area contributed by atoms with Crippen molar-refractivity contribution in [3.8, 4) is 0 Å². The standard InChI is InChI=1S/C32H35BN2/c1-22(2)27-18-13-19-28(23(3)4)31(27)33-34(26-16-8-7-9-17-26)30-21-12-15-25(6)32(30)35(33)29-20-11-10-14-24(29)5/h7-23H,1-6H3. The molecule has 35 heavy (non-hydrogen) atoms. The third-order valence-electron chi connectivity index (χ3n) is 7.29. The van der Waals surface area contributed by atoms with Crippen LogP contribution < -0.4 is 15.1 Å². The van der Waals surface area contributed by atoms with Crippen molar-refractivity contribution < 1.29 is 0 Å². The molecule has 0 spiro atoms. The zero-order valence-corrected chi connectivity index (χ0v) is 21.8. The first-order valence-corrected chi connectivity index (χ1v) is 12.8. The molecule has 0 bridgehead atoms. The van der Waals surface area contributed by atoms with Crippen molar-refractivity contribution >= 4 is 35.2 Å². The predicted molar refractivity (Wildman–Crippen MR) is 153 cm³/mol. The number of aryl methyl sites for hydroxylation is 2. The van der Waals surface area contributed by atoms with Crippen molar-refractivity contribution in [3.63, 3.8) is 0 Å². The lowest BCUT2D eigenvalue weighted by Gasteiger charge is -2.35. The van der Waals surface area contributed by atoms with E-state index < -0.39 is 0 Å². The number of anilines is 4. The summed E-state index contributed by atoms with van der Waals surface area (Å²) in [6.07, 6.45) is 0. The maximum absolute atomic E-state index is 2.60. The second kappa shape index (κ2) is 9.30. The van der Waals surface area contributed by atoms with Gasteiger partial charge in [0.15, 0.2) is 0 Å². The highest BCUT2D eigenvalue weighted by atomic mass is 15.3. The maximum Gasteiger partial charge on any atom is 0.421 e. The van der Waals surface area contributed by atoms with Gasteiger partial charge in [0.25, 0.3) is 0 Å². The fraction of sp³-hybridized carbons (Fsp3) is 0.250. The molecule has 0 aliphatic carbocycles. The van der Waals surface area contributed by atoms with E-state index in [-0.39, 0.29) is 6.98 Å². The summed E-state index contributed by atoms with van der Waals surface area (Å²) in [5.41, 5.74) is 11.9. The summed E-state index contributed by atoms with van der Waals surface area (Å²) < 4.78 is 0. The Hall–Kier alpha value is -3.46. The van der Waals surface area contributed by atoms with E-state index in [1.54, 1.807) is 0 Å². The molecule has 176 valence electrons. The van der Waals surface area contributed by atoms with E-state index in [0.717, 1.165) is 0 Å². The van der Waals surface area contributed by atoms with Crippen molar-refractivity contribution in [2.45, 2.75) is 53.4 Å². The van der Waals surface area contributed by atoms with Crippen LogP contribution in [0.25, 0.3) is 0 Å². The molecule has 0 saturated carbocycles. The fourth-order valence-corrected chi connectivity index (χ4v) is 5.64. The molecule has 0 N–H and O–H groups in total.